The molecule has 0 radical (unpaired) electrons. The number of rotatable bonds is 11. The van der Waals surface area contributed by atoms with E-state index in [2.05, 4.69) is 13.8 Å². The maximum atomic E-state index is 15.9. The van der Waals surface area contributed by atoms with Crippen LogP contribution >= 0.6 is 0 Å². The van der Waals surface area contributed by atoms with Gasteiger partial charge in [-0.3, -0.25) is 4.79 Å². The van der Waals surface area contributed by atoms with Gasteiger partial charge in [0.2, 0.25) is 0 Å². The maximum absolute atomic E-state index is 15.9. The summed E-state index contributed by atoms with van der Waals surface area (Å²) >= 11 is 0. The van der Waals surface area contributed by atoms with Crippen LogP contribution in [0.1, 0.15) is 155 Å². The van der Waals surface area contributed by atoms with Crippen molar-refractivity contribution >= 4 is 5.78 Å². The van der Waals surface area contributed by atoms with E-state index in [-0.39, 0.29) is 0 Å². The van der Waals surface area contributed by atoms with Crippen molar-refractivity contribution in [3.8, 4) is 0 Å². The lowest BCUT2D eigenvalue weighted by Crippen LogP contribution is -2.69. The number of hydrogen-bond donors (Lipinski definition) is 0. The minimum Gasteiger partial charge on any atom is -0.298 e. The molecule has 0 unspecified atom stereocenters. The predicted octanol–water partition coefficient (Wildman–Crippen LogP) is 10.0. The first-order chi connectivity index (χ1) is 16.6. The van der Waals surface area contributed by atoms with Crippen molar-refractivity contribution in [1.82, 2.24) is 0 Å². The minimum atomic E-state index is -0.839. The molecule has 1 atom stereocenters. The highest BCUT2D eigenvalue weighted by Crippen LogP contribution is 2.66. The molecule has 4 saturated carbocycles. The lowest BCUT2D eigenvalue weighted by molar-refractivity contribution is -0.194. The molecule has 0 N–H and O–H groups in total. The first-order valence-corrected chi connectivity index (χ1v) is 15.7. The highest BCUT2D eigenvalue weighted by atomic mass is 19.1. The van der Waals surface area contributed by atoms with E-state index in [0.717, 1.165) is 75.0 Å². The molecule has 2 heteroatoms. The average molecular weight is 475 g/mol. The van der Waals surface area contributed by atoms with E-state index in [1.165, 1.54) is 89.9 Å². The van der Waals surface area contributed by atoms with Crippen molar-refractivity contribution < 1.29 is 9.18 Å². The largest absolute Gasteiger partial charge is 0.298 e. The zero-order valence-corrected chi connectivity index (χ0v) is 22.7. The number of carbonyl (C=O) groups is 1. The Morgan fingerprint density at radius 2 is 1.06 bits per heavy atom. The summed E-state index contributed by atoms with van der Waals surface area (Å²) in [5.74, 6) is 3.70. The van der Waals surface area contributed by atoms with Crippen molar-refractivity contribution in [3.63, 3.8) is 0 Å². The van der Waals surface area contributed by atoms with Gasteiger partial charge in [0.05, 0.1) is 10.8 Å². The summed E-state index contributed by atoms with van der Waals surface area (Å²) in [5.41, 5.74) is -1.14. The van der Waals surface area contributed by atoms with Gasteiger partial charge in [0.25, 0.3) is 0 Å². The molecule has 4 fully saturated rings. The summed E-state index contributed by atoms with van der Waals surface area (Å²) < 4.78 is 15.9. The van der Waals surface area contributed by atoms with Gasteiger partial charge >= 0.3 is 0 Å². The number of alkyl halides is 1. The summed E-state index contributed by atoms with van der Waals surface area (Å²) in [4.78, 5) is 13.6. The zero-order chi connectivity index (χ0) is 24.0. The first kappa shape index (κ1) is 26.7. The molecule has 4 aliphatic rings. The molecule has 4 rings (SSSR count). The Labute approximate surface area is 210 Å². The first-order valence-electron chi connectivity index (χ1n) is 15.7. The van der Waals surface area contributed by atoms with Gasteiger partial charge in [-0.1, -0.05) is 90.9 Å². The fourth-order valence-electron chi connectivity index (χ4n) is 8.91. The van der Waals surface area contributed by atoms with Gasteiger partial charge in [0, 0.05) is 0 Å². The summed E-state index contributed by atoms with van der Waals surface area (Å²) in [6.45, 7) is 4.56. The highest BCUT2D eigenvalue weighted by Gasteiger charge is 2.71. The lowest BCUT2D eigenvalue weighted by Gasteiger charge is -2.61. The lowest BCUT2D eigenvalue weighted by atomic mass is 9.41. The van der Waals surface area contributed by atoms with E-state index in [1.54, 1.807) is 0 Å². The van der Waals surface area contributed by atoms with Gasteiger partial charge in [0.1, 0.15) is 6.17 Å². The molecule has 0 bridgehead atoms. The van der Waals surface area contributed by atoms with Crippen molar-refractivity contribution in [2.24, 2.45) is 34.5 Å². The molecule has 196 valence electrons. The van der Waals surface area contributed by atoms with Gasteiger partial charge in [-0.25, -0.2) is 4.39 Å². The third kappa shape index (κ3) is 5.46. The van der Waals surface area contributed by atoms with Crippen LogP contribution in [0, 0.1) is 34.5 Å². The van der Waals surface area contributed by atoms with Crippen LogP contribution in [-0.4, -0.2) is 12.0 Å². The molecule has 0 aromatic carbocycles. The van der Waals surface area contributed by atoms with Gasteiger partial charge in [-0.15, -0.1) is 0 Å². The Kier molecular flexibility index (Phi) is 9.59. The van der Waals surface area contributed by atoms with E-state index in [0.29, 0.717) is 5.78 Å². The minimum absolute atomic E-state index is 0.367. The molecule has 0 aliphatic heterocycles. The van der Waals surface area contributed by atoms with E-state index in [9.17, 15) is 4.79 Å². The molecule has 0 aromatic rings. The number of unbranched alkanes of at least 4 members (excludes halogenated alkanes) is 6. The van der Waals surface area contributed by atoms with Gasteiger partial charge in [0.15, 0.2) is 5.78 Å². The van der Waals surface area contributed by atoms with E-state index in [4.69, 9.17) is 0 Å². The van der Waals surface area contributed by atoms with Crippen LogP contribution in [-0.2, 0) is 4.79 Å². The molecule has 0 aromatic heterocycles. The molecular weight excluding hydrogens is 419 g/mol. The van der Waals surface area contributed by atoms with E-state index in [1.807, 2.05) is 0 Å². The predicted molar refractivity (Wildman–Crippen MR) is 142 cm³/mol. The molecule has 0 amide bonds. The number of Topliss-reactive ketones (excluding diaryl/α,β-unsaturated/α-hetero) is 1. The van der Waals surface area contributed by atoms with E-state index < -0.39 is 17.0 Å². The highest BCUT2D eigenvalue weighted by molar-refractivity contribution is 5.98. The molecule has 2 spiro atoms. The Morgan fingerprint density at radius 3 is 1.53 bits per heavy atom. The fourth-order valence-corrected chi connectivity index (χ4v) is 8.91. The Bertz CT molecular complexity index is 617. The van der Waals surface area contributed by atoms with Crippen LogP contribution in [0.25, 0.3) is 0 Å². The van der Waals surface area contributed by atoms with Crippen LogP contribution in [0.3, 0.4) is 0 Å². The standard InChI is InChI=1S/C32H55FO/c1-3-5-7-9-11-25-13-15-27(16-14-25)28-19-23-32(24-20-28)29(33)31(30(32)34)21-17-26(18-22-31)12-10-8-6-4-2/h25-29H,3-24H2,1-2H3/t25?,26?,27?,28?,29-,31?,32?/m1/s1. The second-order valence-electron chi connectivity index (χ2n) is 13.3. The third-order valence-corrected chi connectivity index (χ3v) is 11.3. The van der Waals surface area contributed by atoms with Crippen molar-refractivity contribution in [2.75, 3.05) is 0 Å². The summed E-state index contributed by atoms with van der Waals surface area (Å²) in [5, 5.41) is 0. The van der Waals surface area contributed by atoms with Crippen LogP contribution < -0.4 is 0 Å². The van der Waals surface area contributed by atoms with Gasteiger partial charge < -0.3 is 0 Å². The Hall–Kier alpha value is -0.400. The molecule has 0 heterocycles. The quantitative estimate of drug-likeness (QED) is 0.272. The summed E-state index contributed by atoms with van der Waals surface area (Å²) in [7, 11) is 0. The number of hydrogen-bond acceptors (Lipinski definition) is 1. The summed E-state index contributed by atoms with van der Waals surface area (Å²) in [6, 6.07) is 0. The monoisotopic (exact) mass is 474 g/mol. The SMILES string of the molecule is CCCCCCC1CCC(C2CCC3(CC2)C(=O)C2(CCC(CCCCCC)CC2)[C@H]3F)CC1. The van der Waals surface area contributed by atoms with Gasteiger partial charge in [-0.05, 0) is 87.9 Å². The molecular formula is C32H55FO. The topological polar surface area (TPSA) is 17.1 Å². The van der Waals surface area contributed by atoms with Crippen molar-refractivity contribution in [2.45, 2.75) is 161 Å². The van der Waals surface area contributed by atoms with Crippen LogP contribution in [0.2, 0.25) is 0 Å². The van der Waals surface area contributed by atoms with Gasteiger partial charge in [-0.2, -0.15) is 0 Å². The number of ketones is 1. The third-order valence-electron chi connectivity index (χ3n) is 11.3. The van der Waals surface area contributed by atoms with Crippen molar-refractivity contribution in [3.05, 3.63) is 0 Å². The molecule has 0 saturated heterocycles. The number of carbonyl (C=O) groups excluding carboxylic acids is 1. The van der Waals surface area contributed by atoms with Crippen molar-refractivity contribution in [1.29, 1.82) is 0 Å². The maximum Gasteiger partial charge on any atom is 0.151 e. The molecule has 1 nitrogen and oxygen atoms in total. The second kappa shape index (κ2) is 12.2. The number of halogens is 1. The molecule has 34 heavy (non-hydrogen) atoms. The van der Waals surface area contributed by atoms with Crippen LogP contribution in [0.5, 0.6) is 0 Å². The zero-order valence-electron chi connectivity index (χ0n) is 22.7. The van der Waals surface area contributed by atoms with E-state index >= 15 is 4.39 Å². The smallest absolute Gasteiger partial charge is 0.151 e. The average Bonchev–Trinajstić information content (AvgIpc) is 2.89. The van der Waals surface area contributed by atoms with Crippen LogP contribution in [0.15, 0.2) is 0 Å². The molecule has 4 aliphatic carbocycles. The Morgan fingerprint density at radius 1 is 0.618 bits per heavy atom. The Balaban J connectivity index is 1.18. The second-order valence-corrected chi connectivity index (χ2v) is 13.3. The fraction of sp³-hybridized carbons (Fsp3) is 0.969. The summed E-state index contributed by atoms with van der Waals surface area (Å²) in [6.07, 6.45) is 26.2. The normalized spacial score (nSPS) is 40.6. The van der Waals surface area contributed by atoms with Crippen LogP contribution in [0.4, 0.5) is 4.39 Å².